The van der Waals surface area contributed by atoms with Gasteiger partial charge in [0.05, 0.1) is 10.8 Å². The second-order valence-electron chi connectivity index (χ2n) is 8.71. The summed E-state index contributed by atoms with van der Waals surface area (Å²) in [4.78, 5) is 29.6. The molecule has 2 heterocycles. The summed E-state index contributed by atoms with van der Waals surface area (Å²) in [6, 6.07) is 7.25. The molecule has 1 aromatic rings. The monoisotopic (exact) mass is 448 g/mol. The van der Waals surface area contributed by atoms with Gasteiger partial charge in [0, 0.05) is 56.9 Å². The first-order valence-electron chi connectivity index (χ1n) is 11.3. The third kappa shape index (κ3) is 4.63. The number of rotatable bonds is 8. The SMILES string of the molecule is CCN(CC)S(=O)(=O)c1ccc(N2CC(C(=O)NC3CCN(C4CC4)C3)CC2=O)cc1. The maximum absolute atomic E-state index is 12.7. The summed E-state index contributed by atoms with van der Waals surface area (Å²) in [6.45, 7) is 6.68. The molecule has 0 spiro atoms. The Morgan fingerprint density at radius 1 is 1.10 bits per heavy atom. The number of hydrogen-bond donors (Lipinski definition) is 1. The number of sulfonamides is 1. The van der Waals surface area contributed by atoms with Gasteiger partial charge in [-0.15, -0.1) is 0 Å². The van der Waals surface area contributed by atoms with Crippen molar-refractivity contribution in [2.75, 3.05) is 37.6 Å². The number of likely N-dealkylation sites (tertiary alicyclic amines) is 1. The fourth-order valence-electron chi connectivity index (χ4n) is 4.64. The molecule has 4 rings (SSSR count). The van der Waals surface area contributed by atoms with E-state index in [-0.39, 0.29) is 35.1 Å². The van der Waals surface area contributed by atoms with Crippen molar-refractivity contribution in [1.82, 2.24) is 14.5 Å². The Labute approximate surface area is 184 Å². The molecule has 0 radical (unpaired) electrons. The molecule has 1 saturated carbocycles. The van der Waals surface area contributed by atoms with Gasteiger partial charge in [-0.2, -0.15) is 4.31 Å². The molecule has 2 aliphatic heterocycles. The summed E-state index contributed by atoms with van der Waals surface area (Å²) < 4.78 is 26.7. The number of hydrogen-bond acceptors (Lipinski definition) is 5. The van der Waals surface area contributed by atoms with Crippen molar-refractivity contribution >= 4 is 27.5 Å². The molecule has 9 heteroatoms. The van der Waals surface area contributed by atoms with E-state index in [1.165, 1.54) is 29.3 Å². The van der Waals surface area contributed by atoms with Crippen molar-refractivity contribution in [2.45, 2.75) is 56.5 Å². The van der Waals surface area contributed by atoms with Crippen LogP contribution in [0, 0.1) is 5.92 Å². The van der Waals surface area contributed by atoms with E-state index in [4.69, 9.17) is 0 Å². The maximum Gasteiger partial charge on any atom is 0.243 e. The van der Waals surface area contributed by atoms with E-state index in [0.29, 0.717) is 31.4 Å². The molecule has 1 N–H and O–H groups in total. The molecule has 0 bridgehead atoms. The number of carbonyl (C=O) groups is 2. The maximum atomic E-state index is 12.7. The Balaban J connectivity index is 1.37. The number of nitrogens with one attached hydrogen (secondary N) is 1. The van der Waals surface area contributed by atoms with Gasteiger partial charge in [-0.3, -0.25) is 14.5 Å². The molecule has 1 aliphatic carbocycles. The van der Waals surface area contributed by atoms with Crippen LogP contribution in [0.4, 0.5) is 5.69 Å². The van der Waals surface area contributed by atoms with Crippen molar-refractivity contribution in [3.63, 3.8) is 0 Å². The largest absolute Gasteiger partial charge is 0.352 e. The smallest absolute Gasteiger partial charge is 0.243 e. The predicted molar refractivity (Wildman–Crippen MR) is 118 cm³/mol. The highest BCUT2D eigenvalue weighted by Crippen LogP contribution is 2.30. The molecule has 0 aromatic heterocycles. The van der Waals surface area contributed by atoms with E-state index in [2.05, 4.69) is 10.2 Å². The number of carbonyl (C=O) groups excluding carboxylic acids is 2. The Morgan fingerprint density at radius 3 is 2.39 bits per heavy atom. The Kier molecular flexibility index (Phi) is 6.37. The van der Waals surface area contributed by atoms with Crippen molar-refractivity contribution in [3.05, 3.63) is 24.3 Å². The van der Waals surface area contributed by atoms with Crippen LogP contribution >= 0.6 is 0 Å². The van der Waals surface area contributed by atoms with Crippen LogP contribution in [0.3, 0.4) is 0 Å². The van der Waals surface area contributed by atoms with Crippen molar-refractivity contribution in [2.24, 2.45) is 5.92 Å². The highest BCUT2D eigenvalue weighted by molar-refractivity contribution is 7.89. The van der Waals surface area contributed by atoms with Crippen LogP contribution < -0.4 is 10.2 Å². The zero-order chi connectivity index (χ0) is 22.2. The van der Waals surface area contributed by atoms with E-state index in [0.717, 1.165) is 19.5 Å². The summed E-state index contributed by atoms with van der Waals surface area (Å²) in [6.07, 6.45) is 3.68. The minimum absolute atomic E-state index is 0.0563. The molecule has 170 valence electrons. The van der Waals surface area contributed by atoms with E-state index in [1.807, 2.05) is 0 Å². The lowest BCUT2D eigenvalue weighted by atomic mass is 10.1. The van der Waals surface area contributed by atoms with Gasteiger partial charge in [-0.25, -0.2) is 8.42 Å². The van der Waals surface area contributed by atoms with Crippen molar-refractivity contribution < 1.29 is 18.0 Å². The zero-order valence-corrected chi connectivity index (χ0v) is 19.1. The Hall–Kier alpha value is -1.97. The van der Waals surface area contributed by atoms with E-state index in [1.54, 1.807) is 30.9 Å². The molecule has 3 aliphatic rings. The highest BCUT2D eigenvalue weighted by atomic mass is 32.2. The molecule has 31 heavy (non-hydrogen) atoms. The Morgan fingerprint density at radius 2 is 1.77 bits per heavy atom. The lowest BCUT2D eigenvalue weighted by Crippen LogP contribution is -2.41. The van der Waals surface area contributed by atoms with Gasteiger partial charge in [0.25, 0.3) is 0 Å². The third-order valence-corrected chi connectivity index (χ3v) is 8.68. The first-order chi connectivity index (χ1) is 14.8. The summed E-state index contributed by atoms with van der Waals surface area (Å²) in [7, 11) is -3.54. The minimum Gasteiger partial charge on any atom is -0.352 e. The summed E-state index contributed by atoms with van der Waals surface area (Å²) >= 11 is 0. The molecule has 2 atom stereocenters. The fourth-order valence-corrected chi connectivity index (χ4v) is 6.10. The van der Waals surface area contributed by atoms with Gasteiger partial charge in [-0.1, -0.05) is 13.8 Å². The lowest BCUT2D eigenvalue weighted by molar-refractivity contribution is -0.126. The lowest BCUT2D eigenvalue weighted by Gasteiger charge is -2.20. The van der Waals surface area contributed by atoms with Crippen LogP contribution in [-0.4, -0.2) is 74.2 Å². The molecule has 8 nitrogen and oxygen atoms in total. The molecule has 2 saturated heterocycles. The molecule has 3 fully saturated rings. The molecular weight excluding hydrogens is 416 g/mol. The van der Waals surface area contributed by atoms with Crippen molar-refractivity contribution in [1.29, 1.82) is 0 Å². The first-order valence-corrected chi connectivity index (χ1v) is 12.7. The number of nitrogens with zero attached hydrogens (tertiary/aromatic N) is 3. The zero-order valence-electron chi connectivity index (χ0n) is 18.3. The van der Waals surface area contributed by atoms with Gasteiger partial charge >= 0.3 is 0 Å². The number of benzene rings is 1. The van der Waals surface area contributed by atoms with Crippen LogP contribution in [-0.2, 0) is 19.6 Å². The van der Waals surface area contributed by atoms with Gasteiger partial charge in [0.2, 0.25) is 21.8 Å². The first kappa shape index (κ1) is 22.2. The van der Waals surface area contributed by atoms with E-state index in [9.17, 15) is 18.0 Å². The second-order valence-corrected chi connectivity index (χ2v) is 10.6. The normalized spacial score (nSPS) is 24.9. The quantitative estimate of drug-likeness (QED) is 0.650. The second kappa shape index (κ2) is 8.88. The average molecular weight is 449 g/mol. The van der Waals surface area contributed by atoms with Gasteiger partial charge in [0.15, 0.2) is 0 Å². The third-order valence-electron chi connectivity index (χ3n) is 6.62. The van der Waals surface area contributed by atoms with Gasteiger partial charge in [-0.05, 0) is 43.5 Å². The van der Waals surface area contributed by atoms with Crippen LogP contribution in [0.5, 0.6) is 0 Å². The highest BCUT2D eigenvalue weighted by Gasteiger charge is 2.38. The van der Waals surface area contributed by atoms with E-state index >= 15 is 0 Å². The fraction of sp³-hybridized carbons (Fsp3) is 0.636. The van der Waals surface area contributed by atoms with Crippen LogP contribution in [0.25, 0.3) is 0 Å². The van der Waals surface area contributed by atoms with Crippen LogP contribution in [0.1, 0.15) is 39.5 Å². The summed E-state index contributed by atoms with van der Waals surface area (Å²) in [5.41, 5.74) is 0.625. The standard InChI is InChI=1S/C22H32N4O4S/c1-3-25(4-2)31(29,30)20-9-7-19(8-10-20)26-14-16(13-21(26)27)22(28)23-17-11-12-24(15-17)18-5-6-18/h7-10,16-18H,3-6,11-15H2,1-2H3,(H,23,28). The minimum atomic E-state index is -3.54. The molecule has 1 aromatic carbocycles. The van der Waals surface area contributed by atoms with Gasteiger partial charge in [0.1, 0.15) is 0 Å². The summed E-state index contributed by atoms with van der Waals surface area (Å²) in [5.74, 6) is -0.536. The van der Waals surface area contributed by atoms with Crippen molar-refractivity contribution in [3.8, 4) is 0 Å². The molecule has 2 amide bonds. The molecular formula is C22H32N4O4S. The number of anilines is 1. The topological polar surface area (TPSA) is 90.0 Å². The Bertz CT molecular complexity index is 925. The van der Waals surface area contributed by atoms with Crippen LogP contribution in [0.2, 0.25) is 0 Å². The van der Waals surface area contributed by atoms with E-state index < -0.39 is 10.0 Å². The molecule has 2 unspecified atom stereocenters. The van der Waals surface area contributed by atoms with Gasteiger partial charge < -0.3 is 10.2 Å². The average Bonchev–Trinajstić information content (AvgIpc) is 3.38. The van der Waals surface area contributed by atoms with Crippen LogP contribution in [0.15, 0.2) is 29.2 Å². The predicted octanol–water partition coefficient (Wildman–Crippen LogP) is 1.42. The summed E-state index contributed by atoms with van der Waals surface area (Å²) in [5, 5.41) is 3.14. The number of amides is 2.